The van der Waals surface area contributed by atoms with Crippen LogP contribution in [0.1, 0.15) is 92.8 Å². The lowest BCUT2D eigenvalue weighted by atomic mass is 9.81. The zero-order valence-corrected chi connectivity index (χ0v) is 26.0. The van der Waals surface area contributed by atoms with Crippen molar-refractivity contribution >= 4 is 28.9 Å². The number of esters is 1. The number of halogens is 1. The zero-order valence-electron chi connectivity index (χ0n) is 26.0. The first-order chi connectivity index (χ1) is 21.1. The standard InChI is InChI=1S/C33H37FN4O7/c1-6-33(43)19-11-23-28-17(13-38(23)29(40)18(19)14-44-30(33)41)27-21(8-7-16-15(2)20(34)12-22(37-28)26(16)27)36-25(39)10-9-24(32(3,4)5)45-31(35)42/h11-12,21,24,43H,6-10,13-14H2,1-5H3,(H2,35,42)(H,36,39)/t21-,24?,33-/m0/s1. The number of hydrogen-bond acceptors (Lipinski definition) is 8. The molecule has 2 aliphatic heterocycles. The van der Waals surface area contributed by atoms with Gasteiger partial charge < -0.3 is 30.2 Å². The number of hydrogen-bond donors (Lipinski definition) is 3. The summed E-state index contributed by atoms with van der Waals surface area (Å²) in [7, 11) is 0. The van der Waals surface area contributed by atoms with E-state index in [2.05, 4.69) is 5.32 Å². The van der Waals surface area contributed by atoms with Crippen molar-refractivity contribution in [2.75, 3.05) is 0 Å². The fourth-order valence-electron chi connectivity index (χ4n) is 7.04. The normalized spacial score (nSPS) is 20.6. The number of nitrogens with one attached hydrogen (secondary N) is 1. The summed E-state index contributed by atoms with van der Waals surface area (Å²) in [6, 6.07) is 2.53. The lowest BCUT2D eigenvalue weighted by molar-refractivity contribution is -0.172. The lowest BCUT2D eigenvalue weighted by Gasteiger charge is -2.31. The molecule has 3 aromatic rings. The number of primary amides is 1. The van der Waals surface area contributed by atoms with Crippen molar-refractivity contribution in [3.8, 4) is 11.4 Å². The first-order valence-corrected chi connectivity index (χ1v) is 15.2. The maximum Gasteiger partial charge on any atom is 0.404 e. The topological polar surface area (TPSA) is 163 Å². The quantitative estimate of drug-likeness (QED) is 0.273. The molecule has 2 amide bonds. The number of cyclic esters (lactones) is 1. The van der Waals surface area contributed by atoms with E-state index in [-0.39, 0.29) is 49.4 Å². The Balaban J connectivity index is 1.45. The summed E-state index contributed by atoms with van der Waals surface area (Å²) in [4.78, 5) is 56.1. The van der Waals surface area contributed by atoms with Crippen LogP contribution in [0.25, 0.3) is 22.3 Å². The molecule has 3 aliphatic rings. The van der Waals surface area contributed by atoms with Crippen molar-refractivity contribution in [3.63, 3.8) is 0 Å². The number of aromatic nitrogens is 2. The molecule has 4 N–H and O–H groups in total. The molecule has 12 heteroatoms. The summed E-state index contributed by atoms with van der Waals surface area (Å²) in [5.74, 6) is -1.47. The SMILES string of the molecule is CC[C@@]1(O)C(=O)OCc2c1cc1n(c2=O)Cc2c-1nc1cc(F)c(C)c3c1c2[C@@H](NC(=O)CCC(OC(N)=O)C(C)(C)C)CC3. The number of amides is 2. The van der Waals surface area contributed by atoms with Gasteiger partial charge in [0.2, 0.25) is 5.91 Å². The molecule has 0 radical (unpaired) electrons. The number of nitrogens with two attached hydrogens (primary N) is 1. The van der Waals surface area contributed by atoms with Crippen LogP contribution in [-0.2, 0) is 44.2 Å². The Hall–Kier alpha value is -4.32. The fourth-order valence-corrected chi connectivity index (χ4v) is 7.04. The molecular formula is C33H37FN4O7. The number of aryl methyl sites for hydroxylation is 1. The number of rotatable bonds is 6. The molecule has 1 aromatic carbocycles. The first kappa shape index (κ1) is 30.7. The Morgan fingerprint density at radius 2 is 2.00 bits per heavy atom. The van der Waals surface area contributed by atoms with Gasteiger partial charge in [-0.2, -0.15) is 0 Å². The molecule has 0 bridgehead atoms. The van der Waals surface area contributed by atoms with Gasteiger partial charge in [-0.1, -0.05) is 27.7 Å². The molecule has 0 saturated heterocycles. The maximum atomic E-state index is 15.2. The summed E-state index contributed by atoms with van der Waals surface area (Å²) in [5, 5.41) is 15.1. The van der Waals surface area contributed by atoms with Crippen molar-refractivity contribution in [2.24, 2.45) is 11.1 Å². The Morgan fingerprint density at radius 3 is 2.67 bits per heavy atom. The highest BCUT2D eigenvalue weighted by atomic mass is 19.1. The number of pyridine rings is 2. The van der Waals surface area contributed by atoms with Gasteiger partial charge in [-0.25, -0.2) is 19.0 Å². The van der Waals surface area contributed by atoms with Crippen LogP contribution in [0.5, 0.6) is 0 Å². The number of benzene rings is 1. The van der Waals surface area contributed by atoms with E-state index in [1.807, 2.05) is 20.8 Å². The van der Waals surface area contributed by atoms with Gasteiger partial charge in [0.15, 0.2) is 5.60 Å². The monoisotopic (exact) mass is 620 g/mol. The van der Waals surface area contributed by atoms with E-state index in [9.17, 15) is 24.3 Å². The third kappa shape index (κ3) is 4.86. The predicted octanol–water partition coefficient (Wildman–Crippen LogP) is 3.92. The second-order valence-electron chi connectivity index (χ2n) is 13.3. The van der Waals surface area contributed by atoms with Gasteiger partial charge in [0.05, 0.1) is 35.1 Å². The number of carbonyl (C=O) groups excluding carboxylic acids is 3. The van der Waals surface area contributed by atoms with Gasteiger partial charge in [-0.05, 0) is 60.8 Å². The molecule has 2 aromatic heterocycles. The fraction of sp³-hybridized carbons (Fsp3) is 0.485. The van der Waals surface area contributed by atoms with Crippen LogP contribution >= 0.6 is 0 Å². The van der Waals surface area contributed by atoms with Crippen LogP contribution in [0.4, 0.5) is 9.18 Å². The molecule has 1 aliphatic carbocycles. The smallest absolute Gasteiger partial charge is 0.404 e. The summed E-state index contributed by atoms with van der Waals surface area (Å²) in [5.41, 5.74) is 6.89. The Bertz CT molecular complexity index is 1860. The lowest BCUT2D eigenvalue weighted by Crippen LogP contribution is -2.44. The van der Waals surface area contributed by atoms with Gasteiger partial charge in [-0.3, -0.25) is 9.59 Å². The van der Waals surface area contributed by atoms with Crippen molar-refractivity contribution in [2.45, 2.75) is 97.6 Å². The predicted molar refractivity (Wildman–Crippen MR) is 162 cm³/mol. The van der Waals surface area contributed by atoms with Crippen LogP contribution in [0, 0.1) is 18.2 Å². The highest BCUT2D eigenvalue weighted by Crippen LogP contribution is 2.46. The van der Waals surface area contributed by atoms with Gasteiger partial charge in [-0.15, -0.1) is 0 Å². The average molecular weight is 621 g/mol. The molecule has 45 heavy (non-hydrogen) atoms. The number of carbonyl (C=O) groups is 3. The Kier molecular flexibility index (Phi) is 7.26. The number of ether oxygens (including phenoxy) is 2. The highest BCUT2D eigenvalue weighted by Gasteiger charge is 2.46. The maximum absolute atomic E-state index is 15.2. The minimum absolute atomic E-state index is 0.00743. The summed E-state index contributed by atoms with van der Waals surface area (Å²) < 4.78 is 27.2. The van der Waals surface area contributed by atoms with Crippen LogP contribution < -0.4 is 16.6 Å². The van der Waals surface area contributed by atoms with Gasteiger partial charge in [0.25, 0.3) is 5.56 Å². The van der Waals surface area contributed by atoms with E-state index in [1.165, 1.54) is 10.6 Å². The second-order valence-corrected chi connectivity index (χ2v) is 13.3. The molecule has 4 heterocycles. The molecule has 3 atom stereocenters. The minimum Gasteiger partial charge on any atom is -0.458 e. The van der Waals surface area contributed by atoms with Gasteiger partial charge in [0, 0.05) is 29.0 Å². The van der Waals surface area contributed by atoms with Crippen molar-refractivity contribution in [3.05, 3.63) is 61.7 Å². The molecule has 0 saturated carbocycles. The number of fused-ring (bicyclic) bond motifs is 5. The Labute approximate surface area is 258 Å². The molecule has 0 spiro atoms. The largest absolute Gasteiger partial charge is 0.458 e. The van der Waals surface area contributed by atoms with E-state index in [0.717, 1.165) is 22.1 Å². The van der Waals surface area contributed by atoms with Gasteiger partial charge in [0.1, 0.15) is 18.5 Å². The van der Waals surface area contributed by atoms with E-state index in [0.29, 0.717) is 35.3 Å². The molecule has 238 valence electrons. The highest BCUT2D eigenvalue weighted by molar-refractivity contribution is 5.94. The van der Waals surface area contributed by atoms with Gasteiger partial charge >= 0.3 is 12.1 Å². The second kappa shape index (κ2) is 10.6. The van der Waals surface area contributed by atoms with Crippen LogP contribution in [-0.4, -0.2) is 38.7 Å². The number of aliphatic hydroxyl groups is 1. The molecule has 0 fully saturated rings. The molecule has 1 unspecified atom stereocenters. The van der Waals surface area contributed by atoms with E-state index in [4.69, 9.17) is 20.2 Å². The summed E-state index contributed by atoms with van der Waals surface area (Å²) in [6.07, 6.45) is -0.112. The summed E-state index contributed by atoms with van der Waals surface area (Å²) >= 11 is 0. The summed E-state index contributed by atoms with van der Waals surface area (Å²) in [6.45, 7) is 8.95. The molecule has 11 nitrogen and oxygen atoms in total. The third-order valence-electron chi connectivity index (χ3n) is 9.57. The molecule has 6 rings (SSSR count). The third-order valence-corrected chi connectivity index (χ3v) is 9.57. The first-order valence-electron chi connectivity index (χ1n) is 15.2. The van der Waals surface area contributed by atoms with E-state index < -0.39 is 46.6 Å². The van der Waals surface area contributed by atoms with Crippen molar-refractivity contribution in [1.29, 1.82) is 0 Å². The average Bonchev–Trinajstić information content (AvgIpc) is 3.34. The van der Waals surface area contributed by atoms with Crippen molar-refractivity contribution in [1.82, 2.24) is 14.9 Å². The van der Waals surface area contributed by atoms with Crippen molar-refractivity contribution < 1.29 is 33.4 Å². The van der Waals surface area contributed by atoms with Crippen LogP contribution in [0.3, 0.4) is 0 Å². The minimum atomic E-state index is -1.98. The van der Waals surface area contributed by atoms with E-state index in [1.54, 1.807) is 19.9 Å². The van der Waals surface area contributed by atoms with E-state index >= 15 is 4.39 Å². The number of nitrogens with zero attached hydrogens (tertiary/aromatic N) is 2. The zero-order chi connectivity index (χ0) is 32.6. The Morgan fingerprint density at radius 1 is 1.27 bits per heavy atom. The molecular weight excluding hydrogens is 583 g/mol. The van der Waals surface area contributed by atoms with Crippen LogP contribution in [0.15, 0.2) is 16.9 Å². The van der Waals surface area contributed by atoms with Crippen LogP contribution in [0.2, 0.25) is 0 Å².